The largest absolute Gasteiger partial charge is 0.463 e. The van der Waals surface area contributed by atoms with Gasteiger partial charge in [-0.2, -0.15) is 0 Å². The Kier molecular flexibility index (Phi) is 6.27. The molecule has 4 rings (SSSR count). The van der Waals surface area contributed by atoms with Crippen LogP contribution in [0, 0.1) is 11.6 Å². The first-order valence-electron chi connectivity index (χ1n) is 10.2. The van der Waals surface area contributed by atoms with Crippen LogP contribution in [0.4, 0.5) is 14.5 Å². The predicted octanol–water partition coefficient (Wildman–Crippen LogP) is 3.44. The number of pyridine rings is 1. The van der Waals surface area contributed by atoms with E-state index < -0.39 is 23.0 Å². The molecule has 0 aliphatic carbocycles. The first kappa shape index (κ1) is 22.3. The van der Waals surface area contributed by atoms with Gasteiger partial charge in [0.05, 0.1) is 17.9 Å². The molecular formula is C23H22F2N6O2. The third-order valence-electron chi connectivity index (χ3n) is 5.07. The van der Waals surface area contributed by atoms with Crippen molar-refractivity contribution in [2.45, 2.75) is 6.42 Å². The molecule has 0 fully saturated rings. The van der Waals surface area contributed by atoms with Crippen LogP contribution in [-0.2, 0) is 0 Å². The summed E-state index contributed by atoms with van der Waals surface area (Å²) in [5.74, 6) is -2.91. The predicted molar refractivity (Wildman–Crippen MR) is 120 cm³/mol. The summed E-state index contributed by atoms with van der Waals surface area (Å²) < 4.78 is 34.2. The Hall–Kier alpha value is -3.92. The summed E-state index contributed by atoms with van der Waals surface area (Å²) in [6.07, 6.45) is 6.97. The van der Waals surface area contributed by atoms with Gasteiger partial charge < -0.3 is 20.4 Å². The summed E-state index contributed by atoms with van der Waals surface area (Å²) in [5.41, 5.74) is 6.25. The minimum atomic E-state index is -1.09. The average molecular weight is 452 g/mol. The maximum Gasteiger partial charge on any atom is 0.316 e. The number of carbonyl (C=O) groups is 1. The smallest absolute Gasteiger partial charge is 0.316 e. The Morgan fingerprint density at radius 1 is 1.12 bits per heavy atom. The number of hydrogen-bond donors (Lipinski definition) is 2. The molecule has 3 N–H and O–H groups in total. The highest BCUT2D eigenvalue weighted by Gasteiger charge is 2.24. The van der Waals surface area contributed by atoms with E-state index in [-0.39, 0.29) is 17.3 Å². The monoisotopic (exact) mass is 452 g/mol. The van der Waals surface area contributed by atoms with E-state index in [2.05, 4.69) is 24.8 Å². The first-order valence-corrected chi connectivity index (χ1v) is 10.2. The van der Waals surface area contributed by atoms with Crippen molar-refractivity contribution in [2.24, 2.45) is 0 Å². The number of ketones is 1. The number of hydrogen-bond acceptors (Lipinski definition) is 7. The van der Waals surface area contributed by atoms with Gasteiger partial charge in [-0.25, -0.2) is 23.7 Å². The number of nitrogens with zero attached hydrogens (tertiary/aromatic N) is 4. The molecule has 0 saturated carbocycles. The zero-order valence-electron chi connectivity index (χ0n) is 18.1. The molecule has 3 heterocycles. The maximum absolute atomic E-state index is 14.4. The lowest BCUT2D eigenvalue weighted by molar-refractivity contribution is 0.103. The summed E-state index contributed by atoms with van der Waals surface area (Å²) in [5, 5.41) is 0.405. The van der Waals surface area contributed by atoms with Gasteiger partial charge in [0.25, 0.3) is 0 Å². The van der Waals surface area contributed by atoms with Gasteiger partial charge in [-0.05, 0) is 38.7 Å². The molecule has 0 bridgehead atoms. The number of aromatic amines is 1. The Bertz CT molecular complexity index is 1300. The van der Waals surface area contributed by atoms with Crippen LogP contribution in [0.2, 0.25) is 0 Å². The van der Waals surface area contributed by atoms with E-state index in [1.54, 1.807) is 24.7 Å². The molecule has 4 aromatic rings. The first-order chi connectivity index (χ1) is 15.8. The van der Waals surface area contributed by atoms with Crippen molar-refractivity contribution in [1.29, 1.82) is 0 Å². The van der Waals surface area contributed by atoms with Crippen molar-refractivity contribution in [3.8, 4) is 17.1 Å². The second-order valence-electron chi connectivity index (χ2n) is 7.74. The molecule has 0 amide bonds. The van der Waals surface area contributed by atoms with Crippen LogP contribution in [0.5, 0.6) is 6.01 Å². The fourth-order valence-electron chi connectivity index (χ4n) is 3.34. The second kappa shape index (κ2) is 9.29. The molecule has 0 unspecified atom stereocenters. The van der Waals surface area contributed by atoms with Crippen LogP contribution in [0.1, 0.15) is 22.3 Å². The molecule has 0 atom stereocenters. The van der Waals surface area contributed by atoms with E-state index in [1.165, 1.54) is 6.20 Å². The number of nitrogens with one attached hydrogen (secondary N) is 1. The van der Waals surface area contributed by atoms with E-state index in [0.29, 0.717) is 28.8 Å². The van der Waals surface area contributed by atoms with Crippen molar-refractivity contribution in [3.63, 3.8) is 0 Å². The molecule has 0 aliphatic heterocycles. The number of H-pyrrole nitrogens is 1. The molecule has 3 aromatic heterocycles. The fourth-order valence-corrected chi connectivity index (χ4v) is 3.34. The van der Waals surface area contributed by atoms with E-state index in [1.807, 2.05) is 14.1 Å². The topological polar surface area (TPSA) is 110 Å². The van der Waals surface area contributed by atoms with Gasteiger partial charge in [0, 0.05) is 53.4 Å². The number of benzene rings is 1. The van der Waals surface area contributed by atoms with Crippen molar-refractivity contribution in [3.05, 3.63) is 65.7 Å². The third-order valence-corrected chi connectivity index (χ3v) is 5.07. The Morgan fingerprint density at radius 2 is 1.85 bits per heavy atom. The number of nitrogens with two attached hydrogens (primary N) is 1. The Morgan fingerprint density at radius 3 is 2.58 bits per heavy atom. The molecule has 0 saturated heterocycles. The van der Waals surface area contributed by atoms with Gasteiger partial charge in [0.2, 0.25) is 5.78 Å². The number of ether oxygens (including phenoxy) is 1. The zero-order chi connectivity index (χ0) is 23.5. The molecule has 0 aliphatic rings. The highest BCUT2D eigenvalue weighted by atomic mass is 19.1. The zero-order valence-corrected chi connectivity index (χ0v) is 18.1. The maximum atomic E-state index is 14.4. The molecule has 10 heteroatoms. The average Bonchev–Trinajstić information content (AvgIpc) is 3.23. The lowest BCUT2D eigenvalue weighted by atomic mass is 10.0. The number of carbonyl (C=O) groups excluding carboxylic acids is 1. The van der Waals surface area contributed by atoms with Crippen LogP contribution < -0.4 is 10.5 Å². The Labute approximate surface area is 188 Å². The number of anilines is 1. The van der Waals surface area contributed by atoms with Gasteiger partial charge in [-0.1, -0.05) is 0 Å². The van der Waals surface area contributed by atoms with E-state index >= 15 is 0 Å². The van der Waals surface area contributed by atoms with Crippen LogP contribution >= 0.6 is 0 Å². The molecule has 33 heavy (non-hydrogen) atoms. The van der Waals surface area contributed by atoms with Gasteiger partial charge in [0.15, 0.2) is 5.82 Å². The van der Waals surface area contributed by atoms with Gasteiger partial charge in [-0.15, -0.1) is 0 Å². The van der Waals surface area contributed by atoms with Crippen LogP contribution in [-0.4, -0.2) is 57.9 Å². The number of halogens is 2. The number of aromatic nitrogens is 4. The minimum absolute atomic E-state index is 0.0736. The minimum Gasteiger partial charge on any atom is -0.463 e. The molecular weight excluding hydrogens is 430 g/mol. The van der Waals surface area contributed by atoms with E-state index in [4.69, 9.17) is 10.5 Å². The number of nitrogen functional groups attached to an aromatic ring is 1. The quantitative estimate of drug-likeness (QED) is 0.239. The third kappa shape index (κ3) is 4.65. The van der Waals surface area contributed by atoms with Crippen LogP contribution in [0.15, 0.2) is 43.0 Å². The van der Waals surface area contributed by atoms with Crippen molar-refractivity contribution >= 4 is 22.5 Å². The lowest BCUT2D eigenvalue weighted by Crippen LogP contribution is -2.15. The van der Waals surface area contributed by atoms with Gasteiger partial charge in [0.1, 0.15) is 11.5 Å². The SMILES string of the molecule is CN(C)CCCOc1ncc(-c2cnc3[nH]cc(C(=O)c4c(F)ccc(N)c4F)c3c2)cn1. The summed E-state index contributed by atoms with van der Waals surface area (Å²) in [4.78, 5) is 30.6. The highest BCUT2D eigenvalue weighted by molar-refractivity contribution is 6.16. The molecule has 0 spiro atoms. The van der Waals surface area contributed by atoms with E-state index in [9.17, 15) is 13.6 Å². The molecule has 8 nitrogen and oxygen atoms in total. The lowest BCUT2D eigenvalue weighted by Gasteiger charge is -2.09. The van der Waals surface area contributed by atoms with Gasteiger partial charge >= 0.3 is 6.01 Å². The van der Waals surface area contributed by atoms with Crippen molar-refractivity contribution in [2.75, 3.05) is 33.0 Å². The number of fused-ring (bicyclic) bond motifs is 1. The highest BCUT2D eigenvalue weighted by Crippen LogP contribution is 2.28. The summed E-state index contributed by atoms with van der Waals surface area (Å²) in [7, 11) is 3.98. The van der Waals surface area contributed by atoms with Crippen molar-refractivity contribution in [1.82, 2.24) is 24.8 Å². The summed E-state index contributed by atoms with van der Waals surface area (Å²) in [6.45, 7) is 1.39. The molecule has 1 aromatic carbocycles. The van der Waals surface area contributed by atoms with Gasteiger partial charge in [-0.3, -0.25) is 4.79 Å². The summed E-state index contributed by atoms with van der Waals surface area (Å²) in [6, 6.07) is 3.99. The van der Waals surface area contributed by atoms with E-state index in [0.717, 1.165) is 25.1 Å². The standard InChI is InChI=1S/C23H22F2N6O2/c1-31(2)6-3-7-33-23-29-10-14(11-30-23)13-8-15-16(12-28-22(15)27-9-13)21(32)19-17(24)4-5-18(26)20(19)25/h4-5,8-12H,3,6-7,26H2,1-2H3,(H,27,28). The number of rotatable bonds is 8. The summed E-state index contributed by atoms with van der Waals surface area (Å²) >= 11 is 0. The normalized spacial score (nSPS) is 11.3. The second-order valence-corrected chi connectivity index (χ2v) is 7.74. The Balaban J connectivity index is 1.60. The van der Waals surface area contributed by atoms with Crippen molar-refractivity contribution < 1.29 is 18.3 Å². The fraction of sp³-hybridized carbons (Fsp3) is 0.217. The van der Waals surface area contributed by atoms with Crippen LogP contribution in [0.3, 0.4) is 0 Å². The molecule has 0 radical (unpaired) electrons. The van der Waals surface area contributed by atoms with Crippen LogP contribution in [0.25, 0.3) is 22.2 Å². The molecule has 170 valence electrons.